The number of ether oxygens (including phenoxy) is 1. The molecule has 6 heteroatoms. The molecule has 0 spiro atoms. The molecule has 4 rings (SSSR count). The van der Waals surface area contributed by atoms with Crippen LogP contribution in [0.2, 0.25) is 5.02 Å². The third-order valence-corrected chi connectivity index (χ3v) is 6.12. The highest BCUT2D eigenvalue weighted by molar-refractivity contribution is 6.30. The van der Waals surface area contributed by atoms with Crippen LogP contribution in [0, 0.1) is 12.3 Å². The number of methoxy groups -OCH3 is 1. The Labute approximate surface area is 241 Å². The first-order valence-corrected chi connectivity index (χ1v) is 13.2. The zero-order valence-electron chi connectivity index (χ0n) is 23.0. The fourth-order valence-corrected chi connectivity index (χ4v) is 3.95. The van der Waals surface area contributed by atoms with Crippen molar-refractivity contribution in [3.8, 4) is 35.0 Å². The Bertz CT molecular complexity index is 1490. The van der Waals surface area contributed by atoms with Crippen molar-refractivity contribution >= 4 is 23.1 Å². The van der Waals surface area contributed by atoms with E-state index in [0.717, 1.165) is 28.4 Å². The van der Waals surface area contributed by atoms with Gasteiger partial charge in [0.05, 0.1) is 30.6 Å². The maximum Gasteiger partial charge on any atom is 0.303 e. The number of carboxylic acids is 1. The summed E-state index contributed by atoms with van der Waals surface area (Å²) in [6.07, 6.45) is 10.7. The van der Waals surface area contributed by atoms with Gasteiger partial charge in [0.15, 0.2) is 0 Å². The summed E-state index contributed by atoms with van der Waals surface area (Å²) in [5.74, 6) is 2.61. The minimum absolute atomic E-state index is 0.0414. The van der Waals surface area contributed by atoms with E-state index < -0.39 is 5.97 Å². The van der Waals surface area contributed by atoms with Crippen LogP contribution in [-0.4, -0.2) is 28.0 Å². The number of terminal acetylenes is 1. The lowest BCUT2D eigenvalue weighted by Gasteiger charge is -2.08. The molecule has 0 saturated carbocycles. The number of carboxylic acid groups (broad SMARTS) is 1. The van der Waals surface area contributed by atoms with E-state index in [2.05, 4.69) is 49.2 Å². The molecule has 0 aliphatic heterocycles. The number of aliphatic carboxylic acids is 1. The quantitative estimate of drug-likeness (QED) is 0.168. The Hall–Kier alpha value is -4.53. The number of benzene rings is 3. The van der Waals surface area contributed by atoms with Crippen molar-refractivity contribution in [2.75, 3.05) is 7.11 Å². The molecule has 0 fully saturated rings. The number of rotatable bonds is 9. The van der Waals surface area contributed by atoms with Crippen molar-refractivity contribution in [2.45, 2.75) is 33.1 Å². The lowest BCUT2D eigenvalue weighted by atomic mass is 10.0. The first-order chi connectivity index (χ1) is 19.3. The molecule has 1 N–H and O–H groups in total. The molecule has 5 nitrogen and oxygen atoms in total. The third-order valence-electron chi connectivity index (χ3n) is 5.87. The normalized spacial score (nSPS) is 10.6. The molecular formula is C34H33ClN2O3. The van der Waals surface area contributed by atoms with Crippen molar-refractivity contribution in [3.63, 3.8) is 0 Å². The summed E-state index contributed by atoms with van der Waals surface area (Å²) in [6, 6.07) is 27.2. The topological polar surface area (TPSA) is 64.4 Å². The fourth-order valence-electron chi connectivity index (χ4n) is 3.82. The molecule has 0 aliphatic rings. The molecule has 0 atom stereocenters. The van der Waals surface area contributed by atoms with Crippen LogP contribution in [0.25, 0.3) is 22.5 Å². The Balaban J connectivity index is 0.000000252. The molecule has 0 radical (unpaired) electrons. The van der Waals surface area contributed by atoms with Crippen LogP contribution >= 0.6 is 11.6 Å². The van der Waals surface area contributed by atoms with Gasteiger partial charge < -0.3 is 9.84 Å². The van der Waals surface area contributed by atoms with E-state index in [-0.39, 0.29) is 6.42 Å². The summed E-state index contributed by atoms with van der Waals surface area (Å²) in [6.45, 7) is 4.16. The summed E-state index contributed by atoms with van der Waals surface area (Å²) >= 11 is 5.98. The highest BCUT2D eigenvalue weighted by Crippen LogP contribution is 2.27. The molecule has 3 aromatic carbocycles. The van der Waals surface area contributed by atoms with Crippen molar-refractivity contribution < 1.29 is 14.6 Å². The predicted molar refractivity (Wildman–Crippen MR) is 164 cm³/mol. The van der Waals surface area contributed by atoms with Crippen LogP contribution in [-0.2, 0) is 11.2 Å². The highest BCUT2D eigenvalue weighted by atomic mass is 35.5. The van der Waals surface area contributed by atoms with Crippen molar-refractivity contribution in [2.24, 2.45) is 0 Å². The van der Waals surface area contributed by atoms with Crippen LogP contribution in [0.4, 0.5) is 0 Å². The first kappa shape index (κ1) is 30.0. The molecule has 0 bridgehead atoms. The van der Waals surface area contributed by atoms with Crippen LogP contribution in [0.15, 0.2) is 103 Å². The molecule has 204 valence electrons. The van der Waals surface area contributed by atoms with Gasteiger partial charge in [0, 0.05) is 23.4 Å². The minimum Gasteiger partial charge on any atom is -0.497 e. The highest BCUT2D eigenvalue weighted by Gasteiger charge is 2.13. The number of hydrogen-bond acceptors (Lipinski definition) is 3. The number of aromatic nitrogens is 2. The Kier molecular flexibility index (Phi) is 11.4. The second kappa shape index (κ2) is 15.2. The Morgan fingerprint density at radius 3 is 2.27 bits per heavy atom. The average molecular weight is 553 g/mol. The summed E-state index contributed by atoms with van der Waals surface area (Å²) in [4.78, 5) is 10.8. The summed E-state index contributed by atoms with van der Waals surface area (Å²) in [5, 5.41) is 14.2. The minimum atomic E-state index is -0.841. The molecule has 1 heterocycles. The van der Waals surface area contributed by atoms with Crippen LogP contribution in [0.1, 0.15) is 37.9 Å². The van der Waals surface area contributed by atoms with Crippen molar-refractivity contribution in [1.82, 2.24) is 9.78 Å². The van der Waals surface area contributed by atoms with Gasteiger partial charge in [-0.1, -0.05) is 71.8 Å². The molecule has 4 aromatic rings. The van der Waals surface area contributed by atoms with Gasteiger partial charge >= 0.3 is 5.97 Å². The maximum atomic E-state index is 10.8. The second-order valence-corrected chi connectivity index (χ2v) is 9.65. The zero-order valence-corrected chi connectivity index (χ0v) is 23.7. The first-order valence-electron chi connectivity index (χ1n) is 12.8. The molecule has 40 heavy (non-hydrogen) atoms. The standard InChI is InChI=1S/C19H17ClN2O3.C15H16/c1-25-17-9-7-16(8-10-17)22-18(13-2-4-14(20)5-3-13)12-15(21-22)6-11-19(23)24;1-4-8-14(12-11-13(2)3)15-9-6-5-7-10-15/h2-5,7-10,12H,6,11H2,1H3,(H,23,24);1,5-7,9-12H,8H2,2-3H3/b;14-12+. The smallest absolute Gasteiger partial charge is 0.303 e. The lowest BCUT2D eigenvalue weighted by Crippen LogP contribution is -2.01. The van der Waals surface area contributed by atoms with Gasteiger partial charge in [-0.2, -0.15) is 5.10 Å². The average Bonchev–Trinajstić information content (AvgIpc) is 3.39. The maximum absolute atomic E-state index is 10.8. The van der Waals surface area contributed by atoms with E-state index in [9.17, 15) is 4.79 Å². The fraction of sp³-hybridized carbons (Fsp3) is 0.176. The molecule has 0 saturated heterocycles. The van der Waals surface area contributed by atoms with Gasteiger partial charge in [-0.3, -0.25) is 4.79 Å². The van der Waals surface area contributed by atoms with Gasteiger partial charge in [0.25, 0.3) is 0 Å². The number of carbonyl (C=O) groups is 1. The van der Waals surface area contributed by atoms with Crippen LogP contribution in [0.5, 0.6) is 5.75 Å². The van der Waals surface area contributed by atoms with Crippen LogP contribution < -0.4 is 4.74 Å². The van der Waals surface area contributed by atoms with E-state index in [4.69, 9.17) is 27.9 Å². The van der Waals surface area contributed by atoms with Gasteiger partial charge in [-0.15, -0.1) is 12.3 Å². The Morgan fingerprint density at radius 1 is 1.02 bits per heavy atom. The van der Waals surface area contributed by atoms with E-state index in [1.165, 1.54) is 16.7 Å². The molecular weight excluding hydrogens is 520 g/mol. The monoisotopic (exact) mass is 552 g/mol. The Morgan fingerprint density at radius 2 is 1.70 bits per heavy atom. The van der Waals surface area contributed by atoms with Gasteiger partial charge in [-0.25, -0.2) is 4.68 Å². The van der Waals surface area contributed by atoms with Crippen LogP contribution in [0.3, 0.4) is 0 Å². The second-order valence-electron chi connectivity index (χ2n) is 9.21. The molecule has 0 unspecified atom stereocenters. The number of hydrogen-bond donors (Lipinski definition) is 1. The summed E-state index contributed by atoms with van der Waals surface area (Å²) < 4.78 is 7.00. The van der Waals surface area contributed by atoms with Crippen molar-refractivity contribution in [3.05, 3.63) is 119 Å². The van der Waals surface area contributed by atoms with Gasteiger partial charge in [-0.05, 0) is 67.4 Å². The lowest BCUT2D eigenvalue weighted by molar-refractivity contribution is -0.136. The SMILES string of the molecule is C#CC/C(=C\C=C(C)C)c1ccccc1.COc1ccc(-n2nc(CCC(=O)O)cc2-c2ccc(Cl)cc2)cc1. The zero-order chi connectivity index (χ0) is 28.9. The van der Waals surface area contributed by atoms with Gasteiger partial charge in [0.1, 0.15) is 5.75 Å². The predicted octanol–water partition coefficient (Wildman–Crippen LogP) is 8.28. The van der Waals surface area contributed by atoms with E-state index in [0.29, 0.717) is 17.9 Å². The number of nitrogens with zero attached hydrogens (tertiary/aromatic N) is 2. The molecule has 0 amide bonds. The largest absolute Gasteiger partial charge is 0.497 e. The van der Waals surface area contributed by atoms with Gasteiger partial charge in [0.2, 0.25) is 0 Å². The third kappa shape index (κ3) is 9.04. The van der Waals surface area contributed by atoms with E-state index in [1.807, 2.05) is 72.8 Å². The molecule has 1 aromatic heterocycles. The number of aryl methyl sites for hydroxylation is 1. The summed E-state index contributed by atoms with van der Waals surface area (Å²) in [5.41, 5.74) is 7.10. The number of allylic oxidation sites excluding steroid dienone is 4. The van der Waals surface area contributed by atoms with Crippen molar-refractivity contribution in [1.29, 1.82) is 0 Å². The van der Waals surface area contributed by atoms with E-state index in [1.54, 1.807) is 11.8 Å². The van der Waals surface area contributed by atoms with E-state index >= 15 is 0 Å². The molecule has 0 aliphatic carbocycles. The number of halogens is 1. The summed E-state index contributed by atoms with van der Waals surface area (Å²) in [7, 11) is 1.62.